The topological polar surface area (TPSA) is 79.5 Å². The van der Waals surface area contributed by atoms with Crippen molar-refractivity contribution in [3.05, 3.63) is 48.0 Å². The number of hydrogen-bond donors (Lipinski definition) is 3. The molecule has 1 unspecified atom stereocenters. The van der Waals surface area contributed by atoms with Crippen molar-refractivity contribution in [3.63, 3.8) is 0 Å². The highest BCUT2D eigenvalue weighted by atomic mass is 16.5. The largest absolute Gasteiger partial charge is 0.495 e. The van der Waals surface area contributed by atoms with Crippen molar-refractivity contribution in [1.82, 2.24) is 0 Å². The highest BCUT2D eigenvalue weighted by Crippen LogP contribution is 2.28. The van der Waals surface area contributed by atoms with Crippen LogP contribution in [-0.4, -0.2) is 25.0 Å². The van der Waals surface area contributed by atoms with Crippen molar-refractivity contribution >= 4 is 28.9 Å². The summed E-state index contributed by atoms with van der Waals surface area (Å²) in [6.45, 7) is 5.31. The standard InChI is InChI=1S/C20H25N3O3/c1-5-15-6-8-16(9-7-15)21-13(2)20(25)23-18-12-17(22-14(3)24)10-11-19(18)26-4/h6-13,21H,5H2,1-4H3,(H,22,24)(H,23,25). The van der Waals surface area contributed by atoms with E-state index in [-0.39, 0.29) is 11.8 Å². The van der Waals surface area contributed by atoms with Crippen molar-refractivity contribution in [2.24, 2.45) is 0 Å². The second kappa shape index (κ2) is 8.89. The molecule has 0 saturated carbocycles. The van der Waals surface area contributed by atoms with E-state index in [9.17, 15) is 9.59 Å². The zero-order valence-corrected chi connectivity index (χ0v) is 15.6. The van der Waals surface area contributed by atoms with Crippen LogP contribution < -0.4 is 20.7 Å². The van der Waals surface area contributed by atoms with Gasteiger partial charge in [0, 0.05) is 18.3 Å². The van der Waals surface area contributed by atoms with Gasteiger partial charge in [0.1, 0.15) is 11.8 Å². The van der Waals surface area contributed by atoms with Gasteiger partial charge in [-0.15, -0.1) is 0 Å². The number of rotatable bonds is 7. The molecule has 0 spiro atoms. The van der Waals surface area contributed by atoms with Crippen LogP contribution in [0.15, 0.2) is 42.5 Å². The van der Waals surface area contributed by atoms with E-state index >= 15 is 0 Å². The Labute approximate surface area is 153 Å². The first-order valence-electron chi connectivity index (χ1n) is 8.55. The predicted octanol–water partition coefficient (Wildman–Crippen LogP) is 3.66. The van der Waals surface area contributed by atoms with Crippen molar-refractivity contribution in [1.29, 1.82) is 0 Å². The maximum atomic E-state index is 12.5. The minimum atomic E-state index is -0.448. The van der Waals surface area contributed by atoms with E-state index in [1.807, 2.05) is 24.3 Å². The van der Waals surface area contributed by atoms with E-state index < -0.39 is 6.04 Å². The van der Waals surface area contributed by atoms with Crippen LogP contribution in [0, 0.1) is 0 Å². The zero-order valence-electron chi connectivity index (χ0n) is 15.6. The molecule has 0 bridgehead atoms. The Kier molecular flexibility index (Phi) is 6.60. The van der Waals surface area contributed by atoms with Gasteiger partial charge in [-0.05, 0) is 49.2 Å². The number of hydrogen-bond acceptors (Lipinski definition) is 4. The maximum Gasteiger partial charge on any atom is 0.246 e. The second-order valence-corrected chi connectivity index (χ2v) is 6.00. The van der Waals surface area contributed by atoms with Crippen molar-refractivity contribution < 1.29 is 14.3 Å². The summed E-state index contributed by atoms with van der Waals surface area (Å²) in [6.07, 6.45) is 0.973. The molecule has 2 aromatic carbocycles. The Morgan fingerprint density at radius 3 is 2.27 bits per heavy atom. The minimum absolute atomic E-state index is 0.182. The van der Waals surface area contributed by atoms with E-state index in [2.05, 4.69) is 22.9 Å². The minimum Gasteiger partial charge on any atom is -0.495 e. The lowest BCUT2D eigenvalue weighted by molar-refractivity contribution is -0.116. The summed E-state index contributed by atoms with van der Waals surface area (Å²) in [7, 11) is 1.53. The Morgan fingerprint density at radius 1 is 1.04 bits per heavy atom. The molecule has 0 heterocycles. The Morgan fingerprint density at radius 2 is 1.69 bits per heavy atom. The first-order chi connectivity index (χ1) is 12.4. The average Bonchev–Trinajstić information content (AvgIpc) is 2.62. The summed E-state index contributed by atoms with van der Waals surface area (Å²) < 4.78 is 5.28. The van der Waals surface area contributed by atoms with E-state index in [1.54, 1.807) is 25.1 Å². The van der Waals surface area contributed by atoms with Gasteiger partial charge in [-0.3, -0.25) is 9.59 Å². The van der Waals surface area contributed by atoms with Gasteiger partial charge in [-0.25, -0.2) is 0 Å². The molecule has 0 aliphatic heterocycles. The van der Waals surface area contributed by atoms with Gasteiger partial charge in [0.05, 0.1) is 12.8 Å². The van der Waals surface area contributed by atoms with Crippen molar-refractivity contribution in [2.75, 3.05) is 23.1 Å². The summed E-state index contributed by atoms with van der Waals surface area (Å²) in [5, 5.41) is 8.70. The number of benzene rings is 2. The van der Waals surface area contributed by atoms with Gasteiger partial charge in [-0.2, -0.15) is 0 Å². The fourth-order valence-electron chi connectivity index (χ4n) is 2.48. The Balaban J connectivity index is 2.08. The van der Waals surface area contributed by atoms with Gasteiger partial charge >= 0.3 is 0 Å². The first-order valence-corrected chi connectivity index (χ1v) is 8.55. The summed E-state index contributed by atoms with van der Waals surface area (Å²) >= 11 is 0. The normalized spacial score (nSPS) is 11.4. The maximum absolute atomic E-state index is 12.5. The molecular formula is C20H25N3O3. The molecule has 2 aromatic rings. The van der Waals surface area contributed by atoms with Crippen LogP contribution >= 0.6 is 0 Å². The van der Waals surface area contributed by atoms with Crippen LogP contribution in [0.3, 0.4) is 0 Å². The lowest BCUT2D eigenvalue weighted by Gasteiger charge is -2.17. The molecule has 0 radical (unpaired) electrons. The zero-order chi connectivity index (χ0) is 19.1. The fraction of sp³-hybridized carbons (Fsp3) is 0.300. The number of ether oxygens (including phenoxy) is 1. The number of carbonyl (C=O) groups is 2. The summed E-state index contributed by atoms with van der Waals surface area (Å²) in [6, 6.07) is 12.6. The number of anilines is 3. The molecule has 2 amide bonds. The third-order valence-corrected chi connectivity index (χ3v) is 3.92. The van der Waals surface area contributed by atoms with Gasteiger partial charge in [0.15, 0.2) is 0 Å². The molecule has 6 nitrogen and oxygen atoms in total. The molecule has 0 aliphatic rings. The predicted molar refractivity (Wildman–Crippen MR) is 105 cm³/mol. The average molecular weight is 355 g/mol. The summed E-state index contributed by atoms with van der Waals surface area (Å²) in [5.74, 6) is 0.132. The van der Waals surface area contributed by atoms with Crippen LogP contribution in [0.1, 0.15) is 26.3 Å². The molecule has 0 aromatic heterocycles. The third-order valence-electron chi connectivity index (χ3n) is 3.92. The molecule has 138 valence electrons. The lowest BCUT2D eigenvalue weighted by atomic mass is 10.1. The molecule has 2 rings (SSSR count). The number of nitrogens with one attached hydrogen (secondary N) is 3. The van der Waals surface area contributed by atoms with Crippen LogP contribution in [0.25, 0.3) is 0 Å². The smallest absolute Gasteiger partial charge is 0.246 e. The summed E-state index contributed by atoms with van der Waals surface area (Å²) in [4.78, 5) is 23.7. The molecule has 6 heteroatoms. The van der Waals surface area contributed by atoms with Crippen LogP contribution in [0.5, 0.6) is 5.75 Å². The molecule has 0 saturated heterocycles. The van der Waals surface area contributed by atoms with E-state index in [0.717, 1.165) is 12.1 Å². The molecule has 0 fully saturated rings. The lowest BCUT2D eigenvalue weighted by Crippen LogP contribution is -2.32. The fourth-order valence-corrected chi connectivity index (χ4v) is 2.48. The van der Waals surface area contributed by atoms with Crippen LogP contribution in [0.2, 0.25) is 0 Å². The number of amides is 2. The molecule has 1 atom stereocenters. The summed E-state index contributed by atoms with van der Waals surface area (Å²) in [5.41, 5.74) is 3.21. The molecular weight excluding hydrogens is 330 g/mol. The molecule has 3 N–H and O–H groups in total. The van der Waals surface area contributed by atoms with E-state index in [0.29, 0.717) is 17.1 Å². The first kappa shape index (κ1) is 19.3. The quantitative estimate of drug-likeness (QED) is 0.708. The van der Waals surface area contributed by atoms with Gasteiger partial charge in [0.2, 0.25) is 11.8 Å². The van der Waals surface area contributed by atoms with E-state index in [4.69, 9.17) is 4.74 Å². The molecule has 0 aliphatic carbocycles. The number of methoxy groups -OCH3 is 1. The van der Waals surface area contributed by atoms with Crippen LogP contribution in [-0.2, 0) is 16.0 Å². The van der Waals surface area contributed by atoms with E-state index in [1.165, 1.54) is 19.6 Å². The third kappa shape index (κ3) is 5.24. The second-order valence-electron chi connectivity index (χ2n) is 6.00. The highest BCUT2D eigenvalue weighted by molar-refractivity contribution is 5.98. The number of aryl methyl sites for hydroxylation is 1. The van der Waals surface area contributed by atoms with Crippen molar-refractivity contribution in [3.8, 4) is 5.75 Å². The highest BCUT2D eigenvalue weighted by Gasteiger charge is 2.15. The van der Waals surface area contributed by atoms with Gasteiger partial charge < -0.3 is 20.7 Å². The molecule has 26 heavy (non-hydrogen) atoms. The monoisotopic (exact) mass is 355 g/mol. The Hall–Kier alpha value is -3.02. The SMILES string of the molecule is CCc1ccc(NC(C)C(=O)Nc2cc(NC(C)=O)ccc2OC)cc1. The van der Waals surface area contributed by atoms with Crippen LogP contribution in [0.4, 0.5) is 17.1 Å². The van der Waals surface area contributed by atoms with Gasteiger partial charge in [0.25, 0.3) is 0 Å². The van der Waals surface area contributed by atoms with Gasteiger partial charge in [-0.1, -0.05) is 19.1 Å². The number of carbonyl (C=O) groups excluding carboxylic acids is 2. The Bertz CT molecular complexity index is 772. The van der Waals surface area contributed by atoms with Crippen molar-refractivity contribution in [2.45, 2.75) is 33.2 Å².